The van der Waals surface area contributed by atoms with Gasteiger partial charge >= 0.3 is 0 Å². The molecule has 2 saturated heterocycles. The summed E-state index contributed by atoms with van der Waals surface area (Å²) in [5.41, 5.74) is 6.48. The summed E-state index contributed by atoms with van der Waals surface area (Å²) in [7, 11) is 0. The van der Waals surface area contributed by atoms with Crippen LogP contribution in [0.4, 0.5) is 5.69 Å². The minimum absolute atomic E-state index is 0.176. The van der Waals surface area contributed by atoms with Gasteiger partial charge in [0.15, 0.2) is 0 Å². The van der Waals surface area contributed by atoms with Crippen molar-refractivity contribution in [2.45, 2.75) is 57.7 Å². The van der Waals surface area contributed by atoms with Crippen LogP contribution in [-0.4, -0.2) is 37.3 Å². The molecule has 2 bridgehead atoms. The molecule has 2 aliphatic rings. The SMILES string of the molecule is Cc1ccc(C(=O)N2[C@H]3CC[C@H]2CC(Cc2nccn4cccc24)C3)cc1NCc1ccncc1. The van der Waals surface area contributed by atoms with Gasteiger partial charge in [-0.2, -0.15) is 0 Å². The molecular formula is C29H31N5O. The van der Waals surface area contributed by atoms with Gasteiger partial charge < -0.3 is 14.6 Å². The van der Waals surface area contributed by atoms with Gasteiger partial charge in [0.2, 0.25) is 0 Å². The first-order chi connectivity index (χ1) is 17.2. The predicted molar refractivity (Wildman–Crippen MR) is 137 cm³/mol. The van der Waals surface area contributed by atoms with E-state index in [1.54, 1.807) is 12.4 Å². The minimum atomic E-state index is 0.176. The Morgan fingerprint density at radius 3 is 2.63 bits per heavy atom. The van der Waals surface area contributed by atoms with Crippen LogP contribution in [0.1, 0.15) is 52.9 Å². The molecule has 2 atom stereocenters. The van der Waals surface area contributed by atoms with Gasteiger partial charge in [0.05, 0.1) is 11.2 Å². The third-order valence-corrected chi connectivity index (χ3v) is 7.80. The summed E-state index contributed by atoms with van der Waals surface area (Å²) in [5.74, 6) is 0.746. The maximum Gasteiger partial charge on any atom is 0.254 e. The Kier molecular flexibility index (Phi) is 5.72. The van der Waals surface area contributed by atoms with E-state index < -0.39 is 0 Å². The molecule has 1 amide bonds. The number of nitrogens with zero attached hydrogens (tertiary/aromatic N) is 4. The number of nitrogens with one attached hydrogen (secondary N) is 1. The molecule has 0 unspecified atom stereocenters. The Morgan fingerprint density at radius 1 is 1.03 bits per heavy atom. The van der Waals surface area contributed by atoms with Crippen molar-refractivity contribution in [3.05, 3.63) is 95.8 Å². The lowest BCUT2D eigenvalue weighted by atomic mass is 9.86. The second-order valence-electron chi connectivity index (χ2n) is 10.1. The van der Waals surface area contributed by atoms with Gasteiger partial charge in [0.1, 0.15) is 0 Å². The van der Waals surface area contributed by atoms with Gasteiger partial charge in [-0.05, 0) is 92.5 Å². The van der Waals surface area contributed by atoms with Crippen molar-refractivity contribution in [3.8, 4) is 0 Å². The number of piperidine rings is 1. The van der Waals surface area contributed by atoms with Gasteiger partial charge in [0.25, 0.3) is 5.91 Å². The third kappa shape index (κ3) is 4.29. The molecule has 2 fully saturated rings. The van der Waals surface area contributed by atoms with Crippen LogP contribution in [0, 0.1) is 12.8 Å². The first kappa shape index (κ1) is 21.8. The first-order valence-corrected chi connectivity index (χ1v) is 12.6. The van der Waals surface area contributed by atoms with Gasteiger partial charge in [-0.25, -0.2) is 0 Å². The van der Waals surface area contributed by atoms with Crippen LogP contribution in [0.25, 0.3) is 5.52 Å². The summed E-state index contributed by atoms with van der Waals surface area (Å²) in [6, 6.07) is 15.0. The molecule has 0 radical (unpaired) electrons. The average Bonchev–Trinajstić information content (AvgIpc) is 3.47. The Bertz CT molecular complexity index is 1330. The summed E-state index contributed by atoms with van der Waals surface area (Å²) >= 11 is 0. The highest BCUT2D eigenvalue weighted by Crippen LogP contribution is 2.41. The van der Waals surface area contributed by atoms with Gasteiger partial charge in [0, 0.05) is 60.9 Å². The van der Waals surface area contributed by atoms with E-state index in [2.05, 4.69) is 50.9 Å². The monoisotopic (exact) mass is 465 g/mol. The second-order valence-corrected chi connectivity index (χ2v) is 10.1. The maximum atomic E-state index is 13.7. The Balaban J connectivity index is 1.16. The van der Waals surface area contributed by atoms with E-state index in [0.29, 0.717) is 24.5 Å². The van der Waals surface area contributed by atoms with Gasteiger partial charge in [-0.3, -0.25) is 14.8 Å². The van der Waals surface area contributed by atoms with E-state index in [4.69, 9.17) is 4.98 Å². The summed E-state index contributed by atoms with van der Waals surface area (Å²) < 4.78 is 2.15. The van der Waals surface area contributed by atoms with Crippen molar-refractivity contribution in [2.24, 2.45) is 5.92 Å². The van der Waals surface area contributed by atoms with Crippen molar-refractivity contribution in [2.75, 3.05) is 5.32 Å². The largest absolute Gasteiger partial charge is 0.381 e. The molecule has 178 valence electrons. The van der Waals surface area contributed by atoms with Crippen LogP contribution in [0.5, 0.6) is 0 Å². The van der Waals surface area contributed by atoms with E-state index in [-0.39, 0.29) is 5.91 Å². The fourth-order valence-electron chi connectivity index (χ4n) is 6.04. The zero-order valence-electron chi connectivity index (χ0n) is 20.1. The number of carbonyl (C=O) groups is 1. The first-order valence-electron chi connectivity index (χ1n) is 12.6. The fraction of sp³-hybridized carbons (Fsp3) is 0.345. The van der Waals surface area contributed by atoms with Crippen LogP contribution in [0.3, 0.4) is 0 Å². The molecule has 1 N–H and O–H groups in total. The number of aryl methyl sites for hydroxylation is 1. The number of amides is 1. The normalized spacial score (nSPS) is 21.4. The summed E-state index contributed by atoms with van der Waals surface area (Å²) in [6.45, 7) is 2.79. The number of hydrogen-bond acceptors (Lipinski definition) is 4. The molecule has 0 aliphatic carbocycles. The van der Waals surface area contributed by atoms with Gasteiger partial charge in [-0.1, -0.05) is 6.07 Å². The highest BCUT2D eigenvalue weighted by atomic mass is 16.2. The predicted octanol–water partition coefficient (Wildman–Crippen LogP) is 5.28. The molecule has 35 heavy (non-hydrogen) atoms. The molecule has 6 rings (SSSR count). The van der Waals surface area contributed by atoms with Crippen molar-refractivity contribution in [1.82, 2.24) is 19.3 Å². The van der Waals surface area contributed by atoms with Crippen molar-refractivity contribution >= 4 is 17.1 Å². The van der Waals surface area contributed by atoms with Crippen LogP contribution in [0.2, 0.25) is 0 Å². The third-order valence-electron chi connectivity index (χ3n) is 7.80. The molecule has 6 heteroatoms. The van der Waals surface area contributed by atoms with Gasteiger partial charge in [-0.15, -0.1) is 0 Å². The highest BCUT2D eigenvalue weighted by Gasteiger charge is 2.43. The van der Waals surface area contributed by atoms with Crippen LogP contribution in [0.15, 0.2) is 73.4 Å². The molecular weight excluding hydrogens is 434 g/mol. The number of carbonyl (C=O) groups excluding carboxylic acids is 1. The van der Waals surface area contributed by atoms with Crippen LogP contribution >= 0.6 is 0 Å². The van der Waals surface area contributed by atoms with E-state index in [1.807, 2.05) is 36.7 Å². The molecule has 6 nitrogen and oxygen atoms in total. The fourth-order valence-corrected chi connectivity index (χ4v) is 6.04. The van der Waals surface area contributed by atoms with E-state index in [9.17, 15) is 4.79 Å². The number of anilines is 1. The molecule has 0 spiro atoms. The molecule has 1 aromatic carbocycles. The Hall–Kier alpha value is -3.67. The Labute approximate surface area is 206 Å². The molecule has 4 aromatic rings. The second kappa shape index (κ2) is 9.17. The number of rotatable bonds is 6. The van der Waals surface area contributed by atoms with Crippen LogP contribution < -0.4 is 5.32 Å². The van der Waals surface area contributed by atoms with Crippen molar-refractivity contribution < 1.29 is 4.79 Å². The molecule has 0 saturated carbocycles. The van der Waals surface area contributed by atoms with Crippen molar-refractivity contribution in [3.63, 3.8) is 0 Å². The summed E-state index contributed by atoms with van der Waals surface area (Å²) in [4.78, 5) is 24.6. The summed E-state index contributed by atoms with van der Waals surface area (Å²) in [6.07, 6.45) is 14.9. The quantitative estimate of drug-likeness (QED) is 0.421. The smallest absolute Gasteiger partial charge is 0.254 e. The van der Waals surface area contributed by atoms with E-state index >= 15 is 0 Å². The zero-order valence-corrected chi connectivity index (χ0v) is 20.1. The zero-order chi connectivity index (χ0) is 23.8. The number of aromatic nitrogens is 3. The number of benzene rings is 1. The lowest BCUT2D eigenvalue weighted by Crippen LogP contribution is -2.47. The molecule has 2 aliphatic heterocycles. The maximum absolute atomic E-state index is 13.7. The lowest BCUT2D eigenvalue weighted by Gasteiger charge is -2.39. The number of hydrogen-bond donors (Lipinski definition) is 1. The number of fused-ring (bicyclic) bond motifs is 3. The van der Waals surface area contributed by atoms with E-state index in [1.165, 1.54) is 16.8 Å². The number of pyridine rings is 1. The molecule has 5 heterocycles. The van der Waals surface area contributed by atoms with Crippen molar-refractivity contribution in [1.29, 1.82) is 0 Å². The topological polar surface area (TPSA) is 62.5 Å². The standard InChI is InChI=1S/C29H31N5O/c1-20-4-5-23(18-26(20)32-19-21-8-10-30-11-9-21)29(35)34-24-6-7-25(34)16-22(15-24)17-27-28-3-2-13-33(28)14-12-31-27/h2-5,8-14,18,22,24-25,32H,6-7,15-17,19H2,1H3/t24-,25-/m0/s1. The lowest BCUT2D eigenvalue weighted by molar-refractivity contribution is 0.0524. The average molecular weight is 466 g/mol. The highest BCUT2D eigenvalue weighted by molar-refractivity contribution is 5.96. The minimum Gasteiger partial charge on any atom is -0.381 e. The van der Waals surface area contributed by atoms with Crippen LogP contribution in [-0.2, 0) is 13.0 Å². The molecule has 3 aromatic heterocycles. The van der Waals surface area contributed by atoms with E-state index in [0.717, 1.165) is 48.9 Å². The summed E-state index contributed by atoms with van der Waals surface area (Å²) in [5, 5.41) is 3.50. The Morgan fingerprint density at radius 2 is 1.83 bits per heavy atom.